The van der Waals surface area contributed by atoms with Gasteiger partial charge in [0.1, 0.15) is 42.7 Å². The van der Waals surface area contributed by atoms with E-state index in [-0.39, 0.29) is 66.5 Å². The number of ether oxygens (including phenoxy) is 4. The molecule has 5 aromatic carbocycles. The van der Waals surface area contributed by atoms with Crippen molar-refractivity contribution in [3.05, 3.63) is 143 Å². The lowest BCUT2D eigenvalue weighted by Gasteiger charge is -2.17. The van der Waals surface area contributed by atoms with Crippen LogP contribution in [0.2, 0.25) is 0 Å². The van der Waals surface area contributed by atoms with Crippen LogP contribution in [-0.4, -0.2) is 51.8 Å². The normalized spacial score (nSPS) is 12.5. The van der Waals surface area contributed by atoms with E-state index in [1.54, 1.807) is 18.2 Å². The number of nitrogens with one attached hydrogen (secondary N) is 2. The van der Waals surface area contributed by atoms with Crippen LogP contribution in [0.15, 0.2) is 119 Å². The van der Waals surface area contributed by atoms with Gasteiger partial charge in [-0.2, -0.15) is 23.2 Å². The largest absolute Gasteiger partial charge is 0.488 e. The van der Waals surface area contributed by atoms with E-state index in [9.17, 15) is 35.8 Å². The summed E-state index contributed by atoms with van der Waals surface area (Å²) in [5, 5.41) is 12.2. The summed E-state index contributed by atoms with van der Waals surface area (Å²) in [6, 6.07) is 31.7. The summed E-state index contributed by atoms with van der Waals surface area (Å²) >= 11 is 0.797. The number of alkyl halides is 3. The Morgan fingerprint density at radius 3 is 2.15 bits per heavy atom. The first-order valence-electron chi connectivity index (χ1n) is 18.6. The summed E-state index contributed by atoms with van der Waals surface area (Å²) in [7, 11) is -9.37. The molecule has 62 heavy (non-hydrogen) atoms. The van der Waals surface area contributed by atoms with Gasteiger partial charge in [-0.25, -0.2) is 13.0 Å². The molecule has 6 aromatic rings. The standard InChI is InChI=1S/C42H38F3N4O10PS2/c43-42(44,45)34-22-32(15-14-30(34)24-47)59-60(51,52)27-49-62(53,54)39-21-31-20-36(37(55-18-16-46)23-38(31)61-39)56-19-17-48-41(50)33-12-7-13-35(57-25-28-8-3-1-4-9-28)40(33)58-26-29-10-5-2-6-11-29/h1-15,20-23,49H,16-19,25-27,46H2,(H,48,50)(H,51,52). The summed E-state index contributed by atoms with van der Waals surface area (Å²) < 4.78 is 110. The zero-order valence-corrected chi connectivity index (χ0v) is 35.0. The van der Waals surface area contributed by atoms with Crippen molar-refractivity contribution >= 4 is 44.9 Å². The second-order valence-corrected chi connectivity index (χ2v) is 18.0. The highest BCUT2D eigenvalue weighted by molar-refractivity contribution is 7.92. The van der Waals surface area contributed by atoms with E-state index in [0.717, 1.165) is 34.6 Å². The van der Waals surface area contributed by atoms with Gasteiger partial charge in [-0.3, -0.25) is 4.79 Å². The van der Waals surface area contributed by atoms with E-state index in [2.05, 4.69) is 5.32 Å². The van der Waals surface area contributed by atoms with Crippen LogP contribution in [0.3, 0.4) is 0 Å². The topological polar surface area (TPSA) is 209 Å². The maximum atomic E-state index is 13.6. The molecule has 0 aliphatic carbocycles. The Kier molecular flexibility index (Phi) is 14.8. The third-order valence-electron chi connectivity index (χ3n) is 8.65. The molecule has 0 spiro atoms. The Morgan fingerprint density at radius 2 is 1.48 bits per heavy atom. The van der Waals surface area contributed by atoms with E-state index in [1.807, 2.05) is 65.4 Å². The van der Waals surface area contributed by atoms with Crippen molar-refractivity contribution in [1.82, 2.24) is 10.0 Å². The molecule has 1 aromatic heterocycles. The number of halogens is 3. The van der Waals surface area contributed by atoms with Crippen LogP contribution in [0.1, 0.15) is 32.6 Å². The fourth-order valence-electron chi connectivity index (χ4n) is 5.74. The molecule has 0 saturated heterocycles. The average molecular weight is 911 g/mol. The average Bonchev–Trinajstić information content (AvgIpc) is 3.69. The summed E-state index contributed by atoms with van der Waals surface area (Å²) in [6.07, 6.45) is -6.15. The Labute approximate surface area is 358 Å². The Hall–Kier alpha value is -6.13. The third-order valence-corrected chi connectivity index (χ3v) is 12.9. The van der Waals surface area contributed by atoms with Gasteiger partial charge in [0.05, 0.1) is 29.3 Å². The quantitative estimate of drug-likeness (QED) is 0.0432. The van der Waals surface area contributed by atoms with Crippen LogP contribution < -0.4 is 39.2 Å². The van der Waals surface area contributed by atoms with Gasteiger partial charge in [0.2, 0.25) is 0 Å². The second-order valence-electron chi connectivity index (χ2n) is 13.2. The monoisotopic (exact) mass is 910 g/mol. The molecule has 0 aliphatic rings. The van der Waals surface area contributed by atoms with Gasteiger partial charge in [0, 0.05) is 17.3 Å². The van der Waals surface area contributed by atoms with Crippen molar-refractivity contribution in [1.29, 1.82) is 5.26 Å². The molecule has 5 N–H and O–H groups in total. The molecule has 14 nitrogen and oxygen atoms in total. The lowest BCUT2D eigenvalue weighted by molar-refractivity contribution is -0.137. The molecule has 0 fully saturated rings. The number of benzene rings is 5. The number of carbonyl (C=O) groups excluding carboxylic acids is 1. The Bertz CT molecular complexity index is 2720. The molecule has 20 heteroatoms. The SMILES string of the molecule is N#Cc1ccc(OP(=O)(O)CNS(=O)(=O)c2cc3cc(OCCNC(=O)c4cccc(OCc5ccccc5)c4OCc4ccccc4)c(OCCN)cc3s2)cc1C(F)(F)F. The van der Waals surface area contributed by atoms with Gasteiger partial charge in [-0.1, -0.05) is 66.7 Å². The molecule has 324 valence electrons. The fourth-order valence-corrected chi connectivity index (χ4v) is 9.69. The number of amides is 1. The molecule has 1 amide bonds. The van der Waals surface area contributed by atoms with Crippen molar-refractivity contribution in [2.75, 3.05) is 32.6 Å². The highest BCUT2D eigenvalue weighted by Crippen LogP contribution is 2.44. The zero-order chi connectivity index (χ0) is 44.3. The third kappa shape index (κ3) is 12.0. The lowest BCUT2D eigenvalue weighted by Crippen LogP contribution is -2.28. The van der Waals surface area contributed by atoms with E-state index in [1.165, 1.54) is 24.3 Å². The molecule has 1 unspecified atom stereocenters. The molecule has 1 heterocycles. The number of hydrogen-bond acceptors (Lipinski definition) is 12. The first-order valence-corrected chi connectivity index (χ1v) is 22.6. The van der Waals surface area contributed by atoms with E-state index < -0.39 is 52.9 Å². The van der Waals surface area contributed by atoms with Crippen LogP contribution in [0, 0.1) is 11.3 Å². The van der Waals surface area contributed by atoms with Gasteiger partial charge < -0.3 is 39.4 Å². The number of thiophene rings is 1. The van der Waals surface area contributed by atoms with E-state index in [4.69, 9.17) is 34.5 Å². The molecule has 0 radical (unpaired) electrons. The van der Waals surface area contributed by atoms with Crippen molar-refractivity contribution in [2.45, 2.75) is 23.6 Å². The molecular weight excluding hydrogens is 873 g/mol. The highest BCUT2D eigenvalue weighted by atomic mass is 32.2. The molecule has 0 bridgehead atoms. The number of para-hydroxylation sites is 1. The molecule has 0 saturated carbocycles. The predicted octanol–water partition coefficient (Wildman–Crippen LogP) is 7.60. The van der Waals surface area contributed by atoms with Crippen molar-refractivity contribution in [3.8, 4) is 34.8 Å². The van der Waals surface area contributed by atoms with Gasteiger partial charge >= 0.3 is 13.8 Å². The van der Waals surface area contributed by atoms with Crippen molar-refractivity contribution in [2.24, 2.45) is 5.73 Å². The molecule has 6 rings (SSSR count). The van der Waals surface area contributed by atoms with Crippen LogP contribution in [0.5, 0.6) is 28.7 Å². The minimum atomic E-state index is -4.96. The lowest BCUT2D eigenvalue weighted by atomic mass is 10.1. The molecule has 1 atom stereocenters. The number of nitriles is 1. The number of fused-ring (bicyclic) bond motifs is 1. The van der Waals surface area contributed by atoms with Gasteiger partial charge in [0.25, 0.3) is 15.9 Å². The maximum absolute atomic E-state index is 13.6. The first-order chi connectivity index (χ1) is 29.7. The maximum Gasteiger partial charge on any atom is 0.417 e. The number of sulfonamides is 1. The van der Waals surface area contributed by atoms with Crippen molar-refractivity contribution in [3.63, 3.8) is 0 Å². The minimum absolute atomic E-state index is 0.0247. The molecule has 0 aliphatic heterocycles. The minimum Gasteiger partial charge on any atom is -0.488 e. The van der Waals surface area contributed by atoms with Gasteiger partial charge in [0.15, 0.2) is 23.0 Å². The van der Waals surface area contributed by atoms with E-state index >= 15 is 0 Å². The Morgan fingerprint density at radius 1 is 0.823 bits per heavy atom. The number of hydrogen-bond donors (Lipinski definition) is 4. The highest BCUT2D eigenvalue weighted by Gasteiger charge is 2.35. The summed E-state index contributed by atoms with van der Waals surface area (Å²) in [5.41, 5.74) is 5.58. The number of nitrogens with zero attached hydrogens (tertiary/aromatic N) is 1. The second kappa shape index (κ2) is 20.2. The van der Waals surface area contributed by atoms with Crippen molar-refractivity contribution < 1.29 is 59.3 Å². The van der Waals surface area contributed by atoms with Crippen LogP contribution in [-0.2, 0) is 34.0 Å². The smallest absolute Gasteiger partial charge is 0.417 e. The predicted molar refractivity (Wildman–Crippen MR) is 224 cm³/mol. The summed E-state index contributed by atoms with van der Waals surface area (Å²) in [4.78, 5) is 23.9. The Balaban J connectivity index is 1.12. The first kappa shape index (κ1) is 45.4. The van der Waals surface area contributed by atoms with Gasteiger partial charge in [-0.15, -0.1) is 11.3 Å². The van der Waals surface area contributed by atoms with E-state index in [0.29, 0.717) is 21.9 Å². The number of rotatable bonds is 20. The summed E-state index contributed by atoms with van der Waals surface area (Å²) in [5.74, 6) is -0.102. The van der Waals surface area contributed by atoms with Gasteiger partial charge in [-0.05, 0) is 59.0 Å². The fraction of sp³-hybridized carbons (Fsp3) is 0.190. The molecular formula is C42H38F3N4O10PS2. The van der Waals surface area contributed by atoms with Crippen LogP contribution >= 0.6 is 18.9 Å². The van der Waals surface area contributed by atoms with Crippen LogP contribution in [0.25, 0.3) is 10.1 Å². The zero-order valence-electron chi connectivity index (χ0n) is 32.5. The van der Waals surface area contributed by atoms with Crippen LogP contribution in [0.4, 0.5) is 13.2 Å². The number of nitrogens with two attached hydrogens (primary N) is 1. The number of carbonyl (C=O) groups is 1. The summed E-state index contributed by atoms with van der Waals surface area (Å²) in [6.45, 7) is 0.627.